The van der Waals surface area contributed by atoms with Crippen molar-refractivity contribution in [3.8, 4) is 5.75 Å². The van der Waals surface area contributed by atoms with Crippen LogP contribution in [-0.4, -0.2) is 19.2 Å². The molecule has 0 bridgehead atoms. The van der Waals surface area contributed by atoms with Gasteiger partial charge >= 0.3 is 0 Å². The van der Waals surface area contributed by atoms with Gasteiger partial charge in [0.25, 0.3) is 0 Å². The van der Waals surface area contributed by atoms with Crippen molar-refractivity contribution in [1.82, 2.24) is 5.32 Å². The van der Waals surface area contributed by atoms with Gasteiger partial charge in [-0.3, -0.25) is 0 Å². The second-order valence-electron chi connectivity index (χ2n) is 5.58. The lowest BCUT2D eigenvalue weighted by molar-refractivity contribution is 0.250. The molecule has 2 atom stereocenters. The predicted octanol–water partition coefficient (Wildman–Crippen LogP) is 4.30. The topological polar surface area (TPSA) is 21.3 Å². The number of benzene rings is 1. The molecule has 0 aromatic heterocycles. The Bertz CT molecular complexity index is 408. The van der Waals surface area contributed by atoms with E-state index < -0.39 is 0 Å². The summed E-state index contributed by atoms with van der Waals surface area (Å²) in [5.74, 6) is 1.79. The largest absolute Gasteiger partial charge is 0.492 e. The van der Waals surface area contributed by atoms with Crippen molar-refractivity contribution in [3.63, 3.8) is 0 Å². The third-order valence-electron chi connectivity index (χ3n) is 4.03. The van der Waals surface area contributed by atoms with Crippen LogP contribution in [0.25, 0.3) is 0 Å². The first-order valence-corrected chi connectivity index (χ1v) is 8.08. The molecule has 106 valence electrons. The highest BCUT2D eigenvalue weighted by Crippen LogP contribution is 2.24. The average molecular weight is 326 g/mol. The fourth-order valence-electron chi connectivity index (χ4n) is 2.75. The molecule has 0 aliphatic heterocycles. The highest BCUT2D eigenvalue weighted by Gasteiger charge is 2.20. The quantitative estimate of drug-likeness (QED) is 0.815. The fourth-order valence-corrected chi connectivity index (χ4v) is 3.09. The molecule has 2 rings (SSSR count). The Morgan fingerprint density at radius 3 is 2.89 bits per heavy atom. The minimum atomic E-state index is 0.681. The number of ether oxygens (including phenoxy) is 1. The molecule has 1 N–H and O–H groups in total. The van der Waals surface area contributed by atoms with E-state index in [-0.39, 0.29) is 0 Å². The summed E-state index contributed by atoms with van der Waals surface area (Å²) in [6.45, 7) is 6.11. The number of hydrogen-bond acceptors (Lipinski definition) is 2. The van der Waals surface area contributed by atoms with Crippen molar-refractivity contribution in [3.05, 3.63) is 28.2 Å². The Morgan fingerprint density at radius 2 is 2.11 bits per heavy atom. The molecule has 1 aromatic rings. The molecular weight excluding hydrogens is 302 g/mol. The maximum atomic E-state index is 5.85. The molecule has 1 aliphatic rings. The fraction of sp³-hybridized carbons (Fsp3) is 0.625. The lowest BCUT2D eigenvalue weighted by Crippen LogP contribution is -2.39. The van der Waals surface area contributed by atoms with Gasteiger partial charge < -0.3 is 10.1 Å². The summed E-state index contributed by atoms with van der Waals surface area (Å²) < 4.78 is 6.92. The highest BCUT2D eigenvalue weighted by atomic mass is 79.9. The van der Waals surface area contributed by atoms with Gasteiger partial charge in [-0.15, -0.1) is 0 Å². The van der Waals surface area contributed by atoms with E-state index in [0.717, 1.165) is 29.3 Å². The zero-order chi connectivity index (χ0) is 13.7. The summed E-state index contributed by atoms with van der Waals surface area (Å²) in [7, 11) is 0. The third-order valence-corrected chi connectivity index (χ3v) is 4.52. The lowest BCUT2D eigenvalue weighted by Gasteiger charge is -2.29. The zero-order valence-corrected chi connectivity index (χ0v) is 13.5. The first-order chi connectivity index (χ1) is 9.16. The Labute approximate surface area is 125 Å². The van der Waals surface area contributed by atoms with Gasteiger partial charge in [0.05, 0.1) is 0 Å². The average Bonchev–Trinajstić information content (AvgIpc) is 2.40. The molecule has 3 heteroatoms. The molecule has 0 heterocycles. The van der Waals surface area contributed by atoms with Gasteiger partial charge in [-0.05, 0) is 43.4 Å². The minimum Gasteiger partial charge on any atom is -0.492 e. The van der Waals surface area contributed by atoms with Crippen LogP contribution in [0.4, 0.5) is 0 Å². The van der Waals surface area contributed by atoms with Gasteiger partial charge in [-0.25, -0.2) is 0 Å². The molecule has 1 fully saturated rings. The van der Waals surface area contributed by atoms with E-state index in [9.17, 15) is 0 Å². The van der Waals surface area contributed by atoms with Crippen LogP contribution in [0.5, 0.6) is 5.75 Å². The van der Waals surface area contributed by atoms with Crippen LogP contribution in [0.2, 0.25) is 0 Å². The molecule has 2 nitrogen and oxygen atoms in total. The SMILES string of the molecule is Cc1ccc(Br)cc1OCCNC1CCCCC1C. The van der Waals surface area contributed by atoms with Crippen LogP contribution < -0.4 is 10.1 Å². The van der Waals surface area contributed by atoms with E-state index >= 15 is 0 Å². The van der Waals surface area contributed by atoms with Crippen molar-refractivity contribution in [1.29, 1.82) is 0 Å². The number of rotatable bonds is 5. The maximum absolute atomic E-state index is 5.85. The van der Waals surface area contributed by atoms with Crippen molar-refractivity contribution in [2.45, 2.75) is 45.6 Å². The van der Waals surface area contributed by atoms with Crippen molar-refractivity contribution in [2.75, 3.05) is 13.2 Å². The van der Waals surface area contributed by atoms with Crippen LogP contribution in [0.1, 0.15) is 38.2 Å². The van der Waals surface area contributed by atoms with Crippen LogP contribution in [0, 0.1) is 12.8 Å². The van der Waals surface area contributed by atoms with Crippen LogP contribution in [0.3, 0.4) is 0 Å². The molecule has 0 radical (unpaired) electrons. The van der Waals surface area contributed by atoms with E-state index in [2.05, 4.69) is 41.2 Å². The first-order valence-electron chi connectivity index (χ1n) is 7.29. The Hall–Kier alpha value is -0.540. The molecule has 0 amide bonds. The smallest absolute Gasteiger partial charge is 0.123 e. The van der Waals surface area contributed by atoms with Gasteiger partial charge in [0.2, 0.25) is 0 Å². The predicted molar refractivity (Wildman–Crippen MR) is 83.8 cm³/mol. The molecule has 2 unspecified atom stereocenters. The highest BCUT2D eigenvalue weighted by molar-refractivity contribution is 9.10. The lowest BCUT2D eigenvalue weighted by atomic mass is 9.86. The first kappa shape index (κ1) is 14.9. The number of aryl methyl sites for hydroxylation is 1. The van der Waals surface area contributed by atoms with E-state index in [0.29, 0.717) is 6.04 Å². The van der Waals surface area contributed by atoms with Crippen molar-refractivity contribution < 1.29 is 4.74 Å². The third kappa shape index (κ3) is 4.50. The summed E-state index contributed by atoms with van der Waals surface area (Å²) in [5.41, 5.74) is 1.19. The summed E-state index contributed by atoms with van der Waals surface area (Å²) >= 11 is 3.48. The molecule has 19 heavy (non-hydrogen) atoms. The van der Waals surface area contributed by atoms with Crippen LogP contribution in [0.15, 0.2) is 22.7 Å². The monoisotopic (exact) mass is 325 g/mol. The zero-order valence-electron chi connectivity index (χ0n) is 11.9. The normalized spacial score (nSPS) is 23.3. The minimum absolute atomic E-state index is 0.681. The van der Waals surface area contributed by atoms with E-state index in [1.165, 1.54) is 31.2 Å². The molecule has 0 spiro atoms. The van der Waals surface area contributed by atoms with Gasteiger partial charge in [-0.2, -0.15) is 0 Å². The molecule has 1 aromatic carbocycles. The van der Waals surface area contributed by atoms with E-state index in [1.54, 1.807) is 0 Å². The standard InChI is InChI=1S/C16H24BrNO/c1-12-5-3-4-6-15(12)18-9-10-19-16-11-14(17)8-7-13(16)2/h7-8,11-12,15,18H,3-6,9-10H2,1-2H3. The molecule has 1 aliphatic carbocycles. The van der Waals surface area contributed by atoms with Crippen LogP contribution in [-0.2, 0) is 0 Å². The Balaban J connectivity index is 1.73. The van der Waals surface area contributed by atoms with Crippen molar-refractivity contribution >= 4 is 15.9 Å². The molecule has 1 saturated carbocycles. The number of nitrogens with one attached hydrogen (secondary N) is 1. The second-order valence-corrected chi connectivity index (χ2v) is 6.50. The second kappa shape index (κ2) is 7.30. The van der Waals surface area contributed by atoms with Crippen molar-refractivity contribution in [2.24, 2.45) is 5.92 Å². The van der Waals surface area contributed by atoms with Crippen LogP contribution >= 0.6 is 15.9 Å². The molecular formula is C16H24BrNO. The van der Waals surface area contributed by atoms with Gasteiger partial charge in [-0.1, -0.05) is 41.8 Å². The Morgan fingerprint density at radius 1 is 1.32 bits per heavy atom. The van der Waals surface area contributed by atoms with Gasteiger partial charge in [0.1, 0.15) is 12.4 Å². The Kier molecular flexibility index (Phi) is 5.71. The van der Waals surface area contributed by atoms with Gasteiger partial charge in [0.15, 0.2) is 0 Å². The summed E-state index contributed by atoms with van der Waals surface area (Å²) in [4.78, 5) is 0. The summed E-state index contributed by atoms with van der Waals surface area (Å²) in [5, 5.41) is 3.64. The summed E-state index contributed by atoms with van der Waals surface area (Å²) in [6.07, 6.45) is 5.45. The maximum Gasteiger partial charge on any atom is 0.123 e. The number of hydrogen-bond donors (Lipinski definition) is 1. The number of halogens is 1. The van der Waals surface area contributed by atoms with Gasteiger partial charge in [0, 0.05) is 17.1 Å². The van der Waals surface area contributed by atoms with E-state index in [1.807, 2.05) is 12.1 Å². The molecule has 0 saturated heterocycles. The summed E-state index contributed by atoms with van der Waals surface area (Å²) in [6, 6.07) is 6.85. The van der Waals surface area contributed by atoms with E-state index in [4.69, 9.17) is 4.74 Å².